The van der Waals surface area contributed by atoms with Crippen LogP contribution in [0, 0.1) is 6.92 Å². The lowest BCUT2D eigenvalue weighted by Gasteiger charge is -2.27. The molecule has 1 heterocycles. The molecular weight excluding hydrogens is 330 g/mol. The van der Waals surface area contributed by atoms with Crippen molar-refractivity contribution in [1.29, 1.82) is 0 Å². The summed E-state index contributed by atoms with van der Waals surface area (Å²) < 4.78 is 5.29. The number of carbonyl (C=O) groups is 2. The summed E-state index contributed by atoms with van der Waals surface area (Å²) in [6, 6.07) is 12.6. The molecule has 0 unspecified atom stereocenters. The van der Waals surface area contributed by atoms with Crippen LogP contribution in [-0.2, 0) is 16.0 Å². The van der Waals surface area contributed by atoms with Gasteiger partial charge < -0.3 is 20.7 Å². The van der Waals surface area contributed by atoms with E-state index in [9.17, 15) is 9.59 Å². The molecule has 2 aromatic carbocycles. The molecule has 1 aliphatic heterocycles. The maximum atomic E-state index is 12.6. The van der Waals surface area contributed by atoms with Crippen LogP contribution in [0.15, 0.2) is 42.5 Å². The predicted octanol–water partition coefficient (Wildman–Crippen LogP) is 2.23. The van der Waals surface area contributed by atoms with E-state index in [1.165, 1.54) is 0 Å². The van der Waals surface area contributed by atoms with Gasteiger partial charge in [-0.05, 0) is 42.3 Å². The molecule has 0 saturated carbocycles. The smallest absolute Gasteiger partial charge is 0.254 e. The molecular formula is C20H23N3O3. The quantitative estimate of drug-likeness (QED) is 0.826. The van der Waals surface area contributed by atoms with Gasteiger partial charge in [-0.2, -0.15) is 0 Å². The molecule has 6 nitrogen and oxygen atoms in total. The predicted molar refractivity (Wildman–Crippen MR) is 101 cm³/mol. The Morgan fingerprint density at radius 2 is 1.81 bits per heavy atom. The molecule has 2 amide bonds. The summed E-state index contributed by atoms with van der Waals surface area (Å²) in [7, 11) is 0. The monoisotopic (exact) mass is 353 g/mol. The lowest BCUT2D eigenvalue weighted by atomic mass is 10.1. The van der Waals surface area contributed by atoms with Gasteiger partial charge in [0.25, 0.3) is 5.91 Å². The number of nitrogens with two attached hydrogens (primary N) is 1. The average molecular weight is 353 g/mol. The van der Waals surface area contributed by atoms with Crippen LogP contribution >= 0.6 is 0 Å². The SMILES string of the molecule is Cc1ccc(C(=O)N2CCOCC2)cc1NC(=O)Cc1ccc(N)cc1. The summed E-state index contributed by atoms with van der Waals surface area (Å²) in [5, 5.41) is 2.91. The number of nitrogens with one attached hydrogen (secondary N) is 1. The summed E-state index contributed by atoms with van der Waals surface area (Å²) >= 11 is 0. The fourth-order valence-corrected chi connectivity index (χ4v) is 2.85. The Morgan fingerprint density at radius 3 is 2.50 bits per heavy atom. The normalized spacial score (nSPS) is 14.1. The highest BCUT2D eigenvalue weighted by Gasteiger charge is 2.19. The third-order valence-corrected chi connectivity index (χ3v) is 4.40. The molecule has 2 aromatic rings. The summed E-state index contributed by atoms with van der Waals surface area (Å²) in [5.41, 5.74) is 9.35. The van der Waals surface area contributed by atoms with E-state index in [4.69, 9.17) is 10.5 Å². The highest BCUT2D eigenvalue weighted by molar-refractivity contribution is 5.98. The van der Waals surface area contributed by atoms with Crippen molar-refractivity contribution in [3.05, 3.63) is 59.2 Å². The van der Waals surface area contributed by atoms with Gasteiger partial charge in [0.05, 0.1) is 19.6 Å². The fourth-order valence-electron chi connectivity index (χ4n) is 2.85. The van der Waals surface area contributed by atoms with Crippen molar-refractivity contribution >= 4 is 23.2 Å². The highest BCUT2D eigenvalue weighted by Crippen LogP contribution is 2.19. The van der Waals surface area contributed by atoms with Gasteiger partial charge in [0.15, 0.2) is 0 Å². The number of hydrogen-bond donors (Lipinski definition) is 2. The molecule has 0 bridgehead atoms. The number of anilines is 2. The van der Waals surface area contributed by atoms with E-state index in [1.54, 1.807) is 29.2 Å². The van der Waals surface area contributed by atoms with Crippen LogP contribution in [0.2, 0.25) is 0 Å². The Balaban J connectivity index is 1.69. The zero-order chi connectivity index (χ0) is 18.5. The van der Waals surface area contributed by atoms with Crippen LogP contribution in [0.4, 0.5) is 11.4 Å². The lowest BCUT2D eigenvalue weighted by Crippen LogP contribution is -2.40. The molecule has 1 fully saturated rings. The number of aryl methyl sites for hydroxylation is 1. The van der Waals surface area contributed by atoms with Gasteiger partial charge in [-0.15, -0.1) is 0 Å². The van der Waals surface area contributed by atoms with E-state index in [1.807, 2.05) is 25.1 Å². The summed E-state index contributed by atoms with van der Waals surface area (Å²) in [4.78, 5) is 26.7. The highest BCUT2D eigenvalue weighted by atomic mass is 16.5. The number of nitrogen functional groups attached to an aromatic ring is 1. The Hall–Kier alpha value is -2.86. The maximum absolute atomic E-state index is 12.6. The molecule has 0 atom stereocenters. The second-order valence-electron chi connectivity index (χ2n) is 6.40. The fraction of sp³-hybridized carbons (Fsp3) is 0.300. The second-order valence-corrected chi connectivity index (χ2v) is 6.40. The number of ether oxygens (including phenoxy) is 1. The zero-order valence-electron chi connectivity index (χ0n) is 14.8. The summed E-state index contributed by atoms with van der Waals surface area (Å²) in [6.07, 6.45) is 0.251. The van der Waals surface area contributed by atoms with E-state index in [0.717, 1.165) is 11.1 Å². The topological polar surface area (TPSA) is 84.7 Å². The van der Waals surface area contributed by atoms with E-state index in [2.05, 4.69) is 5.32 Å². The first-order valence-corrected chi connectivity index (χ1v) is 8.65. The van der Waals surface area contributed by atoms with Gasteiger partial charge in [0.2, 0.25) is 5.91 Å². The van der Waals surface area contributed by atoms with Crippen molar-refractivity contribution in [2.24, 2.45) is 0 Å². The number of carbonyl (C=O) groups excluding carboxylic acids is 2. The van der Waals surface area contributed by atoms with E-state index in [-0.39, 0.29) is 18.2 Å². The van der Waals surface area contributed by atoms with Gasteiger partial charge in [-0.1, -0.05) is 18.2 Å². The molecule has 3 N–H and O–H groups in total. The Labute approximate surface area is 152 Å². The number of hydrogen-bond acceptors (Lipinski definition) is 4. The lowest BCUT2D eigenvalue weighted by molar-refractivity contribution is -0.115. The minimum absolute atomic E-state index is 0.0395. The molecule has 0 aliphatic carbocycles. The first-order valence-electron chi connectivity index (χ1n) is 8.65. The number of benzene rings is 2. The first kappa shape index (κ1) is 17.9. The number of nitrogens with zero attached hydrogens (tertiary/aromatic N) is 1. The van der Waals surface area contributed by atoms with Crippen LogP contribution in [0.5, 0.6) is 0 Å². The molecule has 3 rings (SSSR count). The third-order valence-electron chi connectivity index (χ3n) is 4.40. The van der Waals surface area contributed by atoms with Crippen molar-refractivity contribution in [3.8, 4) is 0 Å². The Bertz CT molecular complexity index is 796. The summed E-state index contributed by atoms with van der Waals surface area (Å²) in [6.45, 7) is 4.20. The van der Waals surface area contributed by atoms with Gasteiger partial charge in [-0.25, -0.2) is 0 Å². The van der Waals surface area contributed by atoms with Gasteiger partial charge in [-0.3, -0.25) is 9.59 Å². The van der Waals surface area contributed by atoms with Gasteiger partial charge >= 0.3 is 0 Å². The Morgan fingerprint density at radius 1 is 1.12 bits per heavy atom. The van der Waals surface area contributed by atoms with E-state index < -0.39 is 0 Å². The number of amides is 2. The number of rotatable bonds is 4. The third kappa shape index (κ3) is 4.40. The van der Waals surface area contributed by atoms with Crippen molar-refractivity contribution in [1.82, 2.24) is 4.90 Å². The minimum Gasteiger partial charge on any atom is -0.399 e. The Kier molecular flexibility index (Phi) is 5.53. The molecule has 0 radical (unpaired) electrons. The van der Waals surface area contributed by atoms with E-state index >= 15 is 0 Å². The van der Waals surface area contributed by atoms with Crippen molar-refractivity contribution < 1.29 is 14.3 Å². The van der Waals surface area contributed by atoms with Crippen LogP contribution in [-0.4, -0.2) is 43.0 Å². The maximum Gasteiger partial charge on any atom is 0.254 e. The minimum atomic E-state index is -0.131. The van der Waals surface area contributed by atoms with Crippen LogP contribution in [0.1, 0.15) is 21.5 Å². The first-order chi connectivity index (χ1) is 12.5. The molecule has 136 valence electrons. The molecule has 26 heavy (non-hydrogen) atoms. The van der Waals surface area contributed by atoms with Crippen LogP contribution in [0.3, 0.4) is 0 Å². The van der Waals surface area contributed by atoms with Gasteiger partial charge in [0.1, 0.15) is 0 Å². The summed E-state index contributed by atoms with van der Waals surface area (Å²) in [5.74, 6) is -0.170. The van der Waals surface area contributed by atoms with Crippen molar-refractivity contribution in [2.75, 3.05) is 37.4 Å². The van der Waals surface area contributed by atoms with Crippen LogP contribution < -0.4 is 11.1 Å². The van der Waals surface area contributed by atoms with Crippen molar-refractivity contribution in [2.45, 2.75) is 13.3 Å². The van der Waals surface area contributed by atoms with Gasteiger partial charge in [0, 0.05) is 30.0 Å². The average Bonchev–Trinajstić information content (AvgIpc) is 2.65. The molecule has 1 aliphatic rings. The molecule has 0 spiro atoms. The second kappa shape index (κ2) is 8.01. The van der Waals surface area contributed by atoms with E-state index in [0.29, 0.717) is 43.2 Å². The zero-order valence-corrected chi connectivity index (χ0v) is 14.8. The molecule has 1 saturated heterocycles. The number of morpholine rings is 1. The van der Waals surface area contributed by atoms with Crippen molar-refractivity contribution in [3.63, 3.8) is 0 Å². The molecule has 0 aromatic heterocycles. The molecule has 6 heteroatoms. The standard InChI is InChI=1S/C20H23N3O3/c1-14-2-5-16(20(25)23-8-10-26-11-9-23)13-18(14)22-19(24)12-15-3-6-17(21)7-4-15/h2-7,13H,8-12,21H2,1H3,(H,22,24). The largest absolute Gasteiger partial charge is 0.399 e. The van der Waals surface area contributed by atoms with Crippen LogP contribution in [0.25, 0.3) is 0 Å².